The molecule has 25 heavy (non-hydrogen) atoms. The molecule has 0 atom stereocenters. The summed E-state index contributed by atoms with van der Waals surface area (Å²) >= 11 is 4.44. The number of rotatable bonds is 6. The molecule has 0 bridgehead atoms. The van der Waals surface area contributed by atoms with Gasteiger partial charge in [-0.15, -0.1) is 12.6 Å². The van der Waals surface area contributed by atoms with Crippen LogP contribution in [0.5, 0.6) is 5.75 Å². The number of hydrogen-bond acceptors (Lipinski definition) is 4. The molecule has 0 spiro atoms. The van der Waals surface area contributed by atoms with Gasteiger partial charge in [0.2, 0.25) is 0 Å². The average Bonchev–Trinajstić information content (AvgIpc) is 2.63. The molecule has 3 nitrogen and oxygen atoms in total. The molecule has 1 N–H and O–H groups in total. The van der Waals surface area contributed by atoms with Crippen molar-refractivity contribution >= 4 is 12.6 Å². The molecule has 0 fully saturated rings. The van der Waals surface area contributed by atoms with E-state index in [9.17, 15) is 0 Å². The number of pyridine rings is 1. The molecule has 2 aromatic carbocycles. The SMILES string of the molecule is CC(C)(NCc1cncc(-c2ccccc2)c1)Oc1ccccc1S. The lowest BCUT2D eigenvalue weighted by Gasteiger charge is -2.28. The third kappa shape index (κ3) is 4.84. The number of benzene rings is 2. The maximum absolute atomic E-state index is 6.06. The molecule has 0 saturated carbocycles. The normalized spacial score (nSPS) is 11.3. The maximum atomic E-state index is 6.06. The van der Waals surface area contributed by atoms with Crippen molar-refractivity contribution in [3.63, 3.8) is 0 Å². The topological polar surface area (TPSA) is 34.2 Å². The zero-order valence-electron chi connectivity index (χ0n) is 14.4. The predicted octanol–water partition coefficient (Wildman–Crippen LogP) is 4.94. The first-order valence-corrected chi connectivity index (χ1v) is 8.70. The number of nitrogens with zero attached hydrogens (tertiary/aromatic N) is 1. The van der Waals surface area contributed by atoms with E-state index in [0.29, 0.717) is 6.54 Å². The highest BCUT2D eigenvalue weighted by Gasteiger charge is 2.20. The second kappa shape index (κ2) is 7.72. The fourth-order valence-electron chi connectivity index (χ4n) is 2.54. The van der Waals surface area contributed by atoms with Crippen molar-refractivity contribution in [1.29, 1.82) is 0 Å². The first-order chi connectivity index (χ1) is 12.0. The Balaban J connectivity index is 1.68. The highest BCUT2D eigenvalue weighted by molar-refractivity contribution is 7.80. The maximum Gasteiger partial charge on any atom is 0.155 e. The van der Waals surface area contributed by atoms with Gasteiger partial charge in [0.25, 0.3) is 0 Å². The van der Waals surface area contributed by atoms with Crippen molar-refractivity contribution in [2.45, 2.75) is 31.0 Å². The molecule has 0 amide bonds. The Morgan fingerprint density at radius 2 is 1.68 bits per heavy atom. The monoisotopic (exact) mass is 350 g/mol. The summed E-state index contributed by atoms with van der Waals surface area (Å²) in [5.41, 5.74) is 2.86. The van der Waals surface area contributed by atoms with Crippen molar-refractivity contribution in [2.75, 3.05) is 0 Å². The van der Waals surface area contributed by atoms with Crippen LogP contribution in [0, 0.1) is 0 Å². The zero-order chi connectivity index (χ0) is 17.7. The van der Waals surface area contributed by atoms with E-state index in [1.807, 2.05) is 68.7 Å². The molecule has 0 unspecified atom stereocenters. The number of thiol groups is 1. The van der Waals surface area contributed by atoms with Crippen LogP contribution in [0.4, 0.5) is 0 Å². The van der Waals surface area contributed by atoms with Crippen LogP contribution in [0.1, 0.15) is 19.4 Å². The number of para-hydroxylation sites is 1. The van der Waals surface area contributed by atoms with E-state index in [2.05, 4.69) is 41.1 Å². The van der Waals surface area contributed by atoms with Gasteiger partial charge in [0.1, 0.15) is 5.75 Å². The first-order valence-electron chi connectivity index (χ1n) is 8.25. The Hall–Kier alpha value is -2.30. The van der Waals surface area contributed by atoms with E-state index in [4.69, 9.17) is 4.74 Å². The Kier molecular flexibility index (Phi) is 5.41. The van der Waals surface area contributed by atoms with Crippen LogP contribution in [0.3, 0.4) is 0 Å². The lowest BCUT2D eigenvalue weighted by Crippen LogP contribution is -2.44. The van der Waals surface area contributed by atoms with Crippen LogP contribution in [0.25, 0.3) is 11.1 Å². The zero-order valence-corrected chi connectivity index (χ0v) is 15.3. The van der Waals surface area contributed by atoms with Crippen molar-refractivity contribution in [3.8, 4) is 16.9 Å². The molecule has 3 rings (SSSR count). The van der Waals surface area contributed by atoms with Gasteiger partial charge >= 0.3 is 0 Å². The molecule has 128 valence electrons. The third-order valence-electron chi connectivity index (χ3n) is 3.85. The summed E-state index contributed by atoms with van der Waals surface area (Å²) in [6.45, 7) is 4.67. The lowest BCUT2D eigenvalue weighted by atomic mass is 10.1. The Morgan fingerprint density at radius 1 is 0.960 bits per heavy atom. The first kappa shape index (κ1) is 17.5. The summed E-state index contributed by atoms with van der Waals surface area (Å²) in [5.74, 6) is 0.763. The standard InChI is InChI=1S/C21H22N2OS/c1-21(2,24-19-10-6-7-11-20(19)25)23-14-16-12-18(15-22-13-16)17-8-4-3-5-9-17/h3-13,15,23,25H,14H2,1-2H3. The van der Waals surface area contributed by atoms with E-state index in [1.54, 1.807) is 0 Å². The molecule has 0 aliphatic carbocycles. The second-order valence-electron chi connectivity index (χ2n) is 6.38. The van der Waals surface area contributed by atoms with Crippen LogP contribution < -0.4 is 10.1 Å². The van der Waals surface area contributed by atoms with Gasteiger partial charge in [-0.2, -0.15) is 0 Å². The minimum Gasteiger partial charge on any atom is -0.472 e. The highest BCUT2D eigenvalue weighted by Crippen LogP contribution is 2.25. The average molecular weight is 350 g/mol. The van der Waals surface area contributed by atoms with Gasteiger partial charge in [-0.3, -0.25) is 10.3 Å². The van der Waals surface area contributed by atoms with Gasteiger partial charge in [-0.1, -0.05) is 42.5 Å². The Labute approximate surface area is 154 Å². The summed E-state index contributed by atoms with van der Waals surface area (Å²) in [7, 11) is 0. The minimum atomic E-state index is -0.526. The predicted molar refractivity (Wildman–Crippen MR) is 105 cm³/mol. The number of aromatic nitrogens is 1. The van der Waals surface area contributed by atoms with E-state index in [0.717, 1.165) is 27.3 Å². The van der Waals surface area contributed by atoms with Gasteiger partial charge in [0.05, 0.1) is 0 Å². The van der Waals surface area contributed by atoms with Crippen molar-refractivity contribution in [1.82, 2.24) is 10.3 Å². The van der Waals surface area contributed by atoms with Crippen LogP contribution >= 0.6 is 12.6 Å². The summed E-state index contributed by atoms with van der Waals surface area (Å²) in [4.78, 5) is 5.19. The summed E-state index contributed by atoms with van der Waals surface area (Å²) < 4.78 is 6.06. The van der Waals surface area contributed by atoms with Gasteiger partial charge in [-0.25, -0.2) is 0 Å². The Morgan fingerprint density at radius 3 is 2.44 bits per heavy atom. The lowest BCUT2D eigenvalue weighted by molar-refractivity contribution is 0.0663. The van der Waals surface area contributed by atoms with Crippen LogP contribution in [0.2, 0.25) is 0 Å². The number of ether oxygens (including phenoxy) is 1. The van der Waals surface area contributed by atoms with Gasteiger partial charge in [-0.05, 0) is 43.2 Å². The third-order valence-corrected chi connectivity index (χ3v) is 4.22. The Bertz CT molecular complexity index is 834. The summed E-state index contributed by atoms with van der Waals surface area (Å²) in [6, 6.07) is 20.1. The summed E-state index contributed by atoms with van der Waals surface area (Å²) in [5, 5.41) is 3.43. The van der Waals surface area contributed by atoms with Crippen LogP contribution in [0.15, 0.2) is 78.0 Å². The van der Waals surface area contributed by atoms with E-state index >= 15 is 0 Å². The molecule has 0 saturated heterocycles. The van der Waals surface area contributed by atoms with E-state index < -0.39 is 5.72 Å². The fraction of sp³-hybridized carbons (Fsp3) is 0.190. The van der Waals surface area contributed by atoms with Crippen molar-refractivity contribution in [2.24, 2.45) is 0 Å². The van der Waals surface area contributed by atoms with Crippen molar-refractivity contribution < 1.29 is 4.74 Å². The molecule has 3 aromatic rings. The molecule has 0 radical (unpaired) electrons. The number of hydrogen-bond donors (Lipinski definition) is 2. The van der Waals surface area contributed by atoms with E-state index in [-0.39, 0.29) is 0 Å². The van der Waals surface area contributed by atoms with Crippen LogP contribution in [-0.2, 0) is 6.54 Å². The number of nitrogens with one attached hydrogen (secondary N) is 1. The molecule has 0 aliphatic heterocycles. The smallest absolute Gasteiger partial charge is 0.155 e. The van der Waals surface area contributed by atoms with Gasteiger partial charge in [0.15, 0.2) is 5.72 Å². The quantitative estimate of drug-likeness (QED) is 0.488. The second-order valence-corrected chi connectivity index (χ2v) is 6.86. The van der Waals surface area contributed by atoms with Gasteiger partial charge < -0.3 is 4.74 Å². The highest BCUT2D eigenvalue weighted by atomic mass is 32.1. The van der Waals surface area contributed by atoms with Crippen molar-refractivity contribution in [3.05, 3.63) is 78.6 Å². The minimum absolute atomic E-state index is 0.526. The molecule has 0 aliphatic rings. The molecular formula is C21H22N2OS. The van der Waals surface area contributed by atoms with Gasteiger partial charge in [0, 0.05) is 29.4 Å². The summed E-state index contributed by atoms with van der Waals surface area (Å²) in [6.07, 6.45) is 3.76. The molecule has 4 heteroatoms. The van der Waals surface area contributed by atoms with E-state index in [1.165, 1.54) is 0 Å². The largest absolute Gasteiger partial charge is 0.472 e. The fourth-order valence-corrected chi connectivity index (χ4v) is 2.75. The molecule has 1 heterocycles. The molecule has 1 aromatic heterocycles. The van der Waals surface area contributed by atoms with Crippen LogP contribution in [-0.4, -0.2) is 10.7 Å². The molecular weight excluding hydrogens is 328 g/mol.